The van der Waals surface area contributed by atoms with Crippen LogP contribution in [-0.4, -0.2) is 95.1 Å². The number of carbonyl (C=O) groups excluding carboxylic acids is 5. The van der Waals surface area contributed by atoms with Crippen molar-refractivity contribution < 1.29 is 39.0 Å². The van der Waals surface area contributed by atoms with Gasteiger partial charge in [-0.05, 0) is 94.5 Å². The third kappa shape index (κ3) is 15.5. The first-order valence-electron chi connectivity index (χ1n) is 17.6. The Morgan fingerprint density at radius 2 is 1.35 bits per heavy atom. The fourth-order valence-corrected chi connectivity index (χ4v) is 5.47. The molecule has 0 spiro atoms. The van der Waals surface area contributed by atoms with E-state index in [1.807, 2.05) is 13.8 Å². The topological polar surface area (TPSA) is 281 Å². The highest BCUT2D eigenvalue weighted by molar-refractivity contribution is 5.96. The first kappa shape index (κ1) is 42.6. The molecule has 16 nitrogen and oxygen atoms in total. The number of phenolic OH excluding ortho intramolecular Hbond substituents is 1. The molecule has 0 unspecified atom stereocenters. The molecule has 0 aromatic heterocycles. The number of aliphatic carboxylic acids is 1. The van der Waals surface area contributed by atoms with Crippen molar-refractivity contribution in [3.05, 3.63) is 42.0 Å². The van der Waals surface area contributed by atoms with Gasteiger partial charge in [0.2, 0.25) is 29.5 Å². The summed E-state index contributed by atoms with van der Waals surface area (Å²) in [5, 5.41) is 32.8. The summed E-state index contributed by atoms with van der Waals surface area (Å²) in [6.45, 7) is 4.39. The predicted molar refractivity (Wildman–Crippen MR) is 191 cm³/mol. The van der Waals surface area contributed by atoms with E-state index in [2.05, 4.69) is 26.6 Å². The van der Waals surface area contributed by atoms with Gasteiger partial charge in [-0.15, -0.1) is 0 Å². The molecule has 51 heavy (non-hydrogen) atoms. The molecule has 284 valence electrons. The molecular formula is C35H56N8O8. The van der Waals surface area contributed by atoms with E-state index in [4.69, 9.17) is 17.2 Å². The molecule has 6 atom stereocenters. The molecule has 13 N–H and O–H groups in total. The number of rotatable bonds is 17. The van der Waals surface area contributed by atoms with Gasteiger partial charge in [0.25, 0.3) is 0 Å². The summed E-state index contributed by atoms with van der Waals surface area (Å²) >= 11 is 0. The molecule has 0 fully saturated rings. The smallest absolute Gasteiger partial charge is 0.326 e. The average Bonchev–Trinajstić information content (AvgIpc) is 3.08. The van der Waals surface area contributed by atoms with Gasteiger partial charge in [0, 0.05) is 6.42 Å². The summed E-state index contributed by atoms with van der Waals surface area (Å²) in [5.74, 6) is -4.59. The van der Waals surface area contributed by atoms with Crippen LogP contribution in [0.3, 0.4) is 0 Å². The van der Waals surface area contributed by atoms with Gasteiger partial charge in [0.1, 0.15) is 36.0 Å². The lowest BCUT2D eigenvalue weighted by Gasteiger charge is -2.27. The van der Waals surface area contributed by atoms with Crippen molar-refractivity contribution in [3.8, 4) is 5.75 Å². The first-order chi connectivity index (χ1) is 24.2. The summed E-state index contributed by atoms with van der Waals surface area (Å²) in [7, 11) is 0. The number of phenols is 1. The summed E-state index contributed by atoms with van der Waals surface area (Å²) < 4.78 is 0. The second kappa shape index (κ2) is 22.3. The molecule has 1 aromatic carbocycles. The van der Waals surface area contributed by atoms with Gasteiger partial charge in [-0.1, -0.05) is 38.1 Å². The van der Waals surface area contributed by atoms with E-state index in [-0.39, 0.29) is 50.2 Å². The SMILES string of the molecule is CC(C)C[C@H](NC(=O)[C@H](Cc1ccc(O)cc1)NC(=O)[C@H]1C/C=C\C[C@H](N)C(=O)N[C@@H](CCCCN)C(=O)N[C@@H](CCCCN)C(=O)N1)C(=O)O. The Bertz CT molecular complexity index is 1340. The Balaban J connectivity index is 2.43. The molecule has 1 aliphatic rings. The van der Waals surface area contributed by atoms with Crippen LogP contribution in [0.5, 0.6) is 5.75 Å². The maximum Gasteiger partial charge on any atom is 0.326 e. The summed E-state index contributed by atoms with van der Waals surface area (Å²) in [6.07, 6.45) is 5.95. The molecule has 0 bridgehead atoms. The Labute approximate surface area is 299 Å². The van der Waals surface area contributed by atoms with Gasteiger partial charge in [0.15, 0.2) is 0 Å². The second-order valence-corrected chi connectivity index (χ2v) is 13.3. The summed E-state index contributed by atoms with van der Waals surface area (Å²) in [6, 6.07) is -0.820. The van der Waals surface area contributed by atoms with E-state index in [1.165, 1.54) is 12.1 Å². The van der Waals surface area contributed by atoms with Crippen molar-refractivity contribution >= 4 is 35.5 Å². The van der Waals surface area contributed by atoms with Crippen molar-refractivity contribution in [2.45, 2.75) is 114 Å². The zero-order valence-electron chi connectivity index (χ0n) is 29.6. The lowest BCUT2D eigenvalue weighted by molar-refractivity contribution is -0.142. The fourth-order valence-electron chi connectivity index (χ4n) is 5.47. The second-order valence-electron chi connectivity index (χ2n) is 13.3. The minimum Gasteiger partial charge on any atom is -0.508 e. The van der Waals surface area contributed by atoms with Crippen LogP contribution in [0.25, 0.3) is 0 Å². The van der Waals surface area contributed by atoms with Crippen LogP contribution in [0.2, 0.25) is 0 Å². The largest absolute Gasteiger partial charge is 0.508 e. The number of carboxylic acids is 1. The maximum absolute atomic E-state index is 13.9. The molecule has 0 saturated carbocycles. The van der Waals surface area contributed by atoms with Gasteiger partial charge in [-0.25, -0.2) is 4.79 Å². The molecule has 1 aromatic rings. The number of benzene rings is 1. The number of nitrogens with one attached hydrogen (secondary N) is 5. The molecule has 1 aliphatic heterocycles. The van der Waals surface area contributed by atoms with Crippen LogP contribution in [0.4, 0.5) is 0 Å². The van der Waals surface area contributed by atoms with E-state index in [9.17, 15) is 39.0 Å². The van der Waals surface area contributed by atoms with Crippen LogP contribution in [0.15, 0.2) is 36.4 Å². The number of amides is 5. The van der Waals surface area contributed by atoms with Crippen molar-refractivity contribution in [1.29, 1.82) is 0 Å². The van der Waals surface area contributed by atoms with Gasteiger partial charge in [0.05, 0.1) is 6.04 Å². The normalized spacial score (nSPS) is 22.0. The van der Waals surface area contributed by atoms with Crippen LogP contribution in [0, 0.1) is 5.92 Å². The third-order valence-electron chi connectivity index (χ3n) is 8.39. The van der Waals surface area contributed by atoms with Crippen molar-refractivity contribution in [3.63, 3.8) is 0 Å². The fraction of sp³-hybridized carbons (Fsp3) is 0.600. The Kier molecular flexibility index (Phi) is 18.7. The standard InChI is InChI=1S/C35H56N8O8/c1-21(2)19-29(35(50)51)43-34(49)28(20-22-13-15-23(44)16-14-22)42-33(48)26-10-4-3-9-24(38)30(45)39-25(11-5-7-17-36)31(46)41-27(32(47)40-26)12-6-8-18-37/h3-4,13-16,21,24-29,44H,5-12,17-20,36-38H2,1-2H3,(H,39,45)(H,40,47)(H,41,46)(H,42,48)(H,43,49)(H,50,51)/b4-3-/t24-,25-,26+,27-,28-,29-/m0/s1. The number of nitrogens with two attached hydrogens (primary N) is 3. The number of aromatic hydroxyl groups is 1. The number of hydrogen-bond acceptors (Lipinski definition) is 10. The lowest BCUT2D eigenvalue weighted by atomic mass is 10.0. The highest BCUT2D eigenvalue weighted by Gasteiger charge is 2.33. The van der Waals surface area contributed by atoms with Crippen molar-refractivity contribution in [2.75, 3.05) is 13.1 Å². The van der Waals surface area contributed by atoms with E-state index in [0.717, 1.165) is 0 Å². The van der Waals surface area contributed by atoms with Gasteiger partial charge in [-0.3, -0.25) is 24.0 Å². The zero-order chi connectivity index (χ0) is 37.9. The summed E-state index contributed by atoms with van der Waals surface area (Å²) in [5.41, 5.74) is 18.0. The van der Waals surface area contributed by atoms with E-state index >= 15 is 0 Å². The van der Waals surface area contributed by atoms with Gasteiger partial charge >= 0.3 is 5.97 Å². The Hall–Kier alpha value is -4.54. The monoisotopic (exact) mass is 716 g/mol. The van der Waals surface area contributed by atoms with Gasteiger partial charge in [-0.2, -0.15) is 0 Å². The Morgan fingerprint density at radius 3 is 1.90 bits per heavy atom. The average molecular weight is 717 g/mol. The number of unbranched alkanes of at least 4 members (excludes halogenated alkanes) is 2. The maximum atomic E-state index is 13.9. The van der Waals surface area contributed by atoms with Crippen molar-refractivity contribution in [2.24, 2.45) is 23.1 Å². The number of hydrogen-bond donors (Lipinski definition) is 10. The molecular weight excluding hydrogens is 660 g/mol. The predicted octanol–water partition coefficient (Wildman–Crippen LogP) is -0.575. The molecule has 5 amide bonds. The third-order valence-corrected chi connectivity index (χ3v) is 8.39. The molecule has 16 heteroatoms. The van der Waals surface area contributed by atoms with Crippen LogP contribution >= 0.6 is 0 Å². The first-order valence-corrected chi connectivity index (χ1v) is 17.6. The lowest BCUT2D eigenvalue weighted by Crippen LogP contribution is -2.59. The Morgan fingerprint density at radius 1 is 0.804 bits per heavy atom. The highest BCUT2D eigenvalue weighted by atomic mass is 16.4. The molecule has 0 radical (unpaired) electrons. The van der Waals surface area contributed by atoms with Crippen LogP contribution in [0.1, 0.15) is 77.2 Å². The molecule has 0 aliphatic carbocycles. The van der Waals surface area contributed by atoms with E-state index < -0.39 is 71.8 Å². The van der Waals surface area contributed by atoms with E-state index in [0.29, 0.717) is 44.3 Å². The number of carbonyl (C=O) groups is 6. The minimum absolute atomic E-state index is 0.00641. The number of carboxylic acid groups (broad SMARTS) is 1. The van der Waals surface area contributed by atoms with Gasteiger partial charge < -0.3 is 54.0 Å². The zero-order valence-corrected chi connectivity index (χ0v) is 29.6. The quantitative estimate of drug-likeness (QED) is 0.0719. The summed E-state index contributed by atoms with van der Waals surface area (Å²) in [4.78, 5) is 79.5. The van der Waals surface area contributed by atoms with Crippen molar-refractivity contribution in [1.82, 2.24) is 26.6 Å². The van der Waals surface area contributed by atoms with E-state index in [1.54, 1.807) is 24.3 Å². The van der Waals surface area contributed by atoms with Crippen LogP contribution < -0.4 is 43.8 Å². The van der Waals surface area contributed by atoms with Crippen LogP contribution in [-0.2, 0) is 35.2 Å². The molecule has 2 rings (SSSR count). The minimum atomic E-state index is -1.27. The highest BCUT2D eigenvalue weighted by Crippen LogP contribution is 2.14. The molecule has 1 heterocycles. The molecule has 0 saturated heterocycles.